The van der Waals surface area contributed by atoms with E-state index < -0.39 is 25.1 Å². The van der Waals surface area contributed by atoms with Gasteiger partial charge in [-0.05, 0) is 36.4 Å². The SMILES string of the molecule is O=[N+]([O-])c1ccc(S(=O)(=O)c2ccc(NS(=O)(=O)O)cc2)cc1. The zero-order valence-corrected chi connectivity index (χ0v) is 12.9. The van der Waals surface area contributed by atoms with Gasteiger partial charge in [-0.25, -0.2) is 8.42 Å². The number of nitro groups is 1. The summed E-state index contributed by atoms with van der Waals surface area (Å²) in [6.45, 7) is 0. The highest BCUT2D eigenvalue weighted by Crippen LogP contribution is 2.24. The summed E-state index contributed by atoms with van der Waals surface area (Å²) in [6.07, 6.45) is 0. The Morgan fingerprint density at radius 2 is 1.30 bits per heavy atom. The molecular weight excluding hydrogens is 348 g/mol. The first-order chi connectivity index (χ1) is 10.6. The van der Waals surface area contributed by atoms with Crippen molar-refractivity contribution in [1.29, 1.82) is 0 Å². The molecule has 9 nitrogen and oxygen atoms in total. The number of rotatable bonds is 5. The van der Waals surface area contributed by atoms with Crippen molar-refractivity contribution < 1.29 is 26.3 Å². The van der Waals surface area contributed by atoms with Crippen LogP contribution in [0.2, 0.25) is 0 Å². The van der Waals surface area contributed by atoms with E-state index in [1.54, 1.807) is 4.72 Å². The molecule has 0 spiro atoms. The smallest absolute Gasteiger partial charge is 0.269 e. The monoisotopic (exact) mass is 358 g/mol. The number of hydrogen-bond donors (Lipinski definition) is 2. The van der Waals surface area contributed by atoms with Gasteiger partial charge in [-0.15, -0.1) is 0 Å². The Morgan fingerprint density at radius 3 is 1.70 bits per heavy atom. The Bertz CT molecular complexity index is 934. The summed E-state index contributed by atoms with van der Waals surface area (Å²) in [5, 5.41) is 10.6. The van der Waals surface area contributed by atoms with Gasteiger partial charge in [-0.1, -0.05) is 0 Å². The molecule has 0 aliphatic rings. The Kier molecular flexibility index (Phi) is 4.36. The molecule has 0 radical (unpaired) electrons. The van der Waals surface area contributed by atoms with E-state index in [0.29, 0.717) is 0 Å². The molecule has 0 atom stereocenters. The molecule has 0 saturated carbocycles. The van der Waals surface area contributed by atoms with E-state index in [1.165, 1.54) is 0 Å². The fourth-order valence-electron chi connectivity index (χ4n) is 1.73. The second kappa shape index (κ2) is 5.95. The summed E-state index contributed by atoms with van der Waals surface area (Å²) < 4.78 is 56.4. The van der Waals surface area contributed by atoms with Crippen molar-refractivity contribution >= 4 is 31.5 Å². The summed E-state index contributed by atoms with van der Waals surface area (Å²) in [4.78, 5) is 9.64. The fraction of sp³-hybridized carbons (Fsp3) is 0. The molecule has 0 aliphatic heterocycles. The molecule has 0 unspecified atom stereocenters. The average Bonchev–Trinajstić information content (AvgIpc) is 2.46. The highest BCUT2D eigenvalue weighted by molar-refractivity contribution is 7.91. The average molecular weight is 358 g/mol. The highest BCUT2D eigenvalue weighted by atomic mass is 32.2. The molecular formula is C12H10N2O7S2. The molecule has 2 N–H and O–H groups in total. The van der Waals surface area contributed by atoms with Gasteiger partial charge >= 0.3 is 10.3 Å². The molecule has 0 fully saturated rings. The number of non-ortho nitro benzene ring substituents is 1. The van der Waals surface area contributed by atoms with Crippen LogP contribution < -0.4 is 4.72 Å². The molecule has 2 aromatic rings. The van der Waals surface area contributed by atoms with Gasteiger partial charge in [0.2, 0.25) is 9.84 Å². The number of nitrogens with one attached hydrogen (secondary N) is 1. The van der Waals surface area contributed by atoms with E-state index in [-0.39, 0.29) is 21.2 Å². The number of anilines is 1. The minimum atomic E-state index is -4.45. The molecule has 0 aromatic heterocycles. The van der Waals surface area contributed by atoms with Crippen LogP contribution in [-0.2, 0) is 20.1 Å². The quantitative estimate of drug-likeness (QED) is 0.469. The fourth-order valence-corrected chi connectivity index (χ4v) is 3.43. The van der Waals surface area contributed by atoms with Crippen molar-refractivity contribution in [3.63, 3.8) is 0 Å². The van der Waals surface area contributed by atoms with Crippen LogP contribution in [0.5, 0.6) is 0 Å². The van der Waals surface area contributed by atoms with Crippen LogP contribution in [0.15, 0.2) is 58.3 Å². The standard InChI is InChI=1S/C12H10N2O7S2/c15-14(16)10-3-7-12(8-4-10)22(17,18)11-5-1-9(2-6-11)13-23(19,20)21/h1-8,13H,(H,19,20,21). The molecule has 23 heavy (non-hydrogen) atoms. The molecule has 11 heteroatoms. The Hall–Kier alpha value is -2.50. The summed E-state index contributed by atoms with van der Waals surface area (Å²) in [5.41, 5.74) is -0.258. The number of nitro benzene ring substituents is 1. The van der Waals surface area contributed by atoms with Gasteiger partial charge in [-0.2, -0.15) is 8.42 Å². The van der Waals surface area contributed by atoms with Crippen LogP contribution in [0.1, 0.15) is 0 Å². The zero-order chi connectivity index (χ0) is 17.3. The Morgan fingerprint density at radius 1 is 0.870 bits per heavy atom. The molecule has 2 rings (SSSR count). The van der Waals surface area contributed by atoms with E-state index in [9.17, 15) is 26.9 Å². The molecule has 0 aliphatic carbocycles. The number of sulfone groups is 1. The van der Waals surface area contributed by atoms with E-state index in [2.05, 4.69) is 0 Å². The van der Waals surface area contributed by atoms with Crippen molar-refractivity contribution in [2.24, 2.45) is 0 Å². The van der Waals surface area contributed by atoms with Crippen LogP contribution in [0.25, 0.3) is 0 Å². The largest absolute Gasteiger partial charge is 0.357 e. The van der Waals surface area contributed by atoms with Crippen LogP contribution in [0, 0.1) is 10.1 Å². The van der Waals surface area contributed by atoms with Crippen molar-refractivity contribution in [2.45, 2.75) is 9.79 Å². The molecule has 2 aromatic carbocycles. The zero-order valence-electron chi connectivity index (χ0n) is 11.3. The van der Waals surface area contributed by atoms with E-state index >= 15 is 0 Å². The first-order valence-electron chi connectivity index (χ1n) is 5.94. The van der Waals surface area contributed by atoms with E-state index in [1.807, 2.05) is 0 Å². The molecule has 122 valence electrons. The van der Waals surface area contributed by atoms with Crippen molar-refractivity contribution in [2.75, 3.05) is 4.72 Å². The number of hydrogen-bond acceptors (Lipinski definition) is 6. The van der Waals surface area contributed by atoms with E-state index in [0.717, 1.165) is 48.5 Å². The summed E-state index contributed by atoms with van der Waals surface area (Å²) in [6, 6.07) is 8.96. The molecule has 0 amide bonds. The Balaban J connectivity index is 2.34. The van der Waals surface area contributed by atoms with Crippen molar-refractivity contribution in [1.82, 2.24) is 0 Å². The van der Waals surface area contributed by atoms with Crippen LogP contribution >= 0.6 is 0 Å². The highest BCUT2D eigenvalue weighted by Gasteiger charge is 2.19. The van der Waals surface area contributed by atoms with Crippen LogP contribution in [0.3, 0.4) is 0 Å². The summed E-state index contributed by atoms with van der Waals surface area (Å²) >= 11 is 0. The lowest BCUT2D eigenvalue weighted by Crippen LogP contribution is -2.10. The normalized spacial score (nSPS) is 11.9. The lowest BCUT2D eigenvalue weighted by Gasteiger charge is -2.06. The van der Waals surface area contributed by atoms with Gasteiger partial charge < -0.3 is 0 Å². The molecule has 0 heterocycles. The third-order valence-electron chi connectivity index (χ3n) is 2.77. The Labute approximate surface area is 131 Å². The summed E-state index contributed by atoms with van der Waals surface area (Å²) in [5.74, 6) is 0. The molecule has 0 saturated heterocycles. The van der Waals surface area contributed by atoms with E-state index in [4.69, 9.17) is 4.55 Å². The minimum absolute atomic E-state index is 0.0184. The first kappa shape index (κ1) is 16.9. The second-order valence-electron chi connectivity index (χ2n) is 4.36. The third kappa shape index (κ3) is 4.03. The van der Waals surface area contributed by atoms with Gasteiger partial charge in [0.15, 0.2) is 0 Å². The lowest BCUT2D eigenvalue weighted by molar-refractivity contribution is -0.384. The predicted octanol–water partition coefficient (Wildman–Crippen LogP) is 1.64. The maximum Gasteiger partial charge on any atom is 0.357 e. The maximum absolute atomic E-state index is 12.4. The lowest BCUT2D eigenvalue weighted by atomic mass is 10.3. The topological polar surface area (TPSA) is 144 Å². The number of benzene rings is 2. The third-order valence-corrected chi connectivity index (χ3v) is 5.05. The summed E-state index contributed by atoms with van der Waals surface area (Å²) in [7, 11) is -8.36. The second-order valence-corrected chi connectivity index (χ2v) is 7.46. The minimum Gasteiger partial charge on any atom is -0.269 e. The number of nitrogens with zero attached hydrogens (tertiary/aromatic N) is 1. The van der Waals surface area contributed by atoms with Crippen LogP contribution in [-0.4, -0.2) is 26.3 Å². The maximum atomic E-state index is 12.4. The van der Waals surface area contributed by atoms with Gasteiger partial charge in [0.05, 0.1) is 20.4 Å². The first-order valence-corrected chi connectivity index (χ1v) is 8.87. The van der Waals surface area contributed by atoms with Crippen LogP contribution in [0.4, 0.5) is 11.4 Å². The van der Waals surface area contributed by atoms with Gasteiger partial charge in [0.25, 0.3) is 5.69 Å². The van der Waals surface area contributed by atoms with Gasteiger partial charge in [0.1, 0.15) is 0 Å². The van der Waals surface area contributed by atoms with Gasteiger partial charge in [-0.3, -0.25) is 19.4 Å². The van der Waals surface area contributed by atoms with Crippen molar-refractivity contribution in [3.05, 3.63) is 58.6 Å². The molecule has 0 bridgehead atoms. The van der Waals surface area contributed by atoms with Crippen molar-refractivity contribution in [3.8, 4) is 0 Å². The van der Waals surface area contributed by atoms with Gasteiger partial charge in [0, 0.05) is 12.1 Å². The predicted molar refractivity (Wildman–Crippen MR) is 80.2 cm³/mol.